The normalized spacial score (nSPS) is 27.2. The minimum Gasteiger partial charge on any atom is -0.460 e. The average Bonchev–Trinajstić information content (AvgIpc) is 2.70. The molecule has 5 heteroatoms. The Bertz CT molecular complexity index is 434. The fourth-order valence-corrected chi connectivity index (χ4v) is 2.06. The van der Waals surface area contributed by atoms with Gasteiger partial charge >= 0.3 is 5.97 Å². The van der Waals surface area contributed by atoms with Gasteiger partial charge in [0.2, 0.25) is 0 Å². The van der Waals surface area contributed by atoms with Crippen LogP contribution in [-0.2, 0) is 20.9 Å². The molecule has 2 atom stereocenters. The number of nitrogens with two attached hydrogens (primary N) is 1. The van der Waals surface area contributed by atoms with Crippen molar-refractivity contribution in [2.24, 2.45) is 11.1 Å². The smallest absolute Gasteiger partial charge is 0.316 e. The number of benzene rings is 1. The molecule has 2 unspecified atom stereocenters. The number of carbonyl (C=O) groups is 1. The number of halogens is 1. The van der Waals surface area contributed by atoms with Crippen molar-refractivity contribution >= 4 is 21.9 Å². The number of esters is 1. The van der Waals surface area contributed by atoms with E-state index in [1.807, 2.05) is 24.3 Å². The van der Waals surface area contributed by atoms with E-state index >= 15 is 0 Å². The van der Waals surface area contributed by atoms with Crippen LogP contribution in [0.25, 0.3) is 0 Å². The maximum absolute atomic E-state index is 12.0. The van der Waals surface area contributed by atoms with Crippen LogP contribution < -0.4 is 5.73 Å². The van der Waals surface area contributed by atoms with Gasteiger partial charge in [0.1, 0.15) is 12.0 Å². The molecule has 0 spiro atoms. The van der Waals surface area contributed by atoms with Gasteiger partial charge in [-0.25, -0.2) is 0 Å². The van der Waals surface area contributed by atoms with Gasteiger partial charge in [-0.05, 0) is 24.6 Å². The molecule has 0 radical (unpaired) electrons. The van der Waals surface area contributed by atoms with Crippen LogP contribution in [0.15, 0.2) is 28.7 Å². The summed E-state index contributed by atoms with van der Waals surface area (Å²) in [7, 11) is 0. The lowest BCUT2D eigenvalue weighted by atomic mass is 9.86. The molecular formula is C13H16BrNO3. The molecule has 0 saturated carbocycles. The summed E-state index contributed by atoms with van der Waals surface area (Å²) in [6, 6.07) is 7.34. The van der Waals surface area contributed by atoms with Crippen molar-refractivity contribution in [3.63, 3.8) is 0 Å². The highest BCUT2D eigenvalue weighted by Gasteiger charge is 2.45. The van der Waals surface area contributed by atoms with E-state index in [4.69, 9.17) is 15.2 Å². The Morgan fingerprint density at radius 1 is 1.56 bits per heavy atom. The van der Waals surface area contributed by atoms with Crippen molar-refractivity contribution in [3.05, 3.63) is 34.3 Å². The molecule has 1 aromatic carbocycles. The molecule has 1 saturated heterocycles. The summed E-state index contributed by atoms with van der Waals surface area (Å²) in [5.74, 6) is -0.296. The standard InChI is InChI=1S/C13H16BrNO3/c1-13(8-17-7-11(13)15)12(16)18-6-9-2-4-10(14)5-3-9/h2-5,11H,6-8,15H2,1H3. The Morgan fingerprint density at radius 2 is 2.22 bits per heavy atom. The molecule has 1 fully saturated rings. The Kier molecular flexibility index (Phi) is 4.04. The molecule has 1 heterocycles. The van der Waals surface area contributed by atoms with Gasteiger partial charge in [-0.15, -0.1) is 0 Å². The zero-order valence-corrected chi connectivity index (χ0v) is 11.8. The lowest BCUT2D eigenvalue weighted by Crippen LogP contribution is -2.45. The molecule has 0 bridgehead atoms. The highest BCUT2D eigenvalue weighted by Crippen LogP contribution is 2.28. The van der Waals surface area contributed by atoms with Crippen LogP contribution in [-0.4, -0.2) is 25.2 Å². The van der Waals surface area contributed by atoms with Crippen molar-refractivity contribution in [1.82, 2.24) is 0 Å². The minimum absolute atomic E-state index is 0.258. The van der Waals surface area contributed by atoms with E-state index < -0.39 is 5.41 Å². The SMILES string of the molecule is CC1(C(=O)OCc2ccc(Br)cc2)COCC1N. The molecule has 0 aliphatic carbocycles. The van der Waals surface area contributed by atoms with Crippen molar-refractivity contribution in [2.75, 3.05) is 13.2 Å². The number of rotatable bonds is 3. The second kappa shape index (κ2) is 5.38. The first-order valence-electron chi connectivity index (χ1n) is 5.77. The highest BCUT2D eigenvalue weighted by molar-refractivity contribution is 9.10. The first-order valence-corrected chi connectivity index (χ1v) is 6.56. The molecule has 4 nitrogen and oxygen atoms in total. The zero-order valence-electron chi connectivity index (χ0n) is 10.2. The van der Waals surface area contributed by atoms with Gasteiger partial charge < -0.3 is 15.2 Å². The van der Waals surface area contributed by atoms with Crippen LogP contribution in [0.3, 0.4) is 0 Å². The second-order valence-corrected chi connectivity index (χ2v) is 5.66. The molecular weight excluding hydrogens is 298 g/mol. The van der Waals surface area contributed by atoms with Crippen LogP contribution in [0.2, 0.25) is 0 Å². The Morgan fingerprint density at radius 3 is 2.78 bits per heavy atom. The molecule has 0 amide bonds. The first kappa shape index (κ1) is 13.5. The van der Waals surface area contributed by atoms with Crippen LogP contribution in [0.5, 0.6) is 0 Å². The van der Waals surface area contributed by atoms with Gasteiger partial charge in [0.05, 0.1) is 13.2 Å². The maximum atomic E-state index is 12.0. The molecule has 2 rings (SSSR count). The molecule has 0 aromatic heterocycles. The van der Waals surface area contributed by atoms with E-state index in [9.17, 15) is 4.79 Å². The second-order valence-electron chi connectivity index (χ2n) is 4.74. The molecule has 2 N–H and O–H groups in total. The first-order chi connectivity index (χ1) is 8.52. The zero-order chi connectivity index (χ0) is 13.2. The van der Waals surface area contributed by atoms with E-state index in [1.54, 1.807) is 6.92 Å². The number of ether oxygens (including phenoxy) is 2. The lowest BCUT2D eigenvalue weighted by molar-refractivity contribution is -0.156. The van der Waals surface area contributed by atoms with Gasteiger partial charge in [-0.1, -0.05) is 28.1 Å². The molecule has 18 heavy (non-hydrogen) atoms. The summed E-state index contributed by atoms with van der Waals surface area (Å²) < 4.78 is 11.5. The van der Waals surface area contributed by atoms with Crippen LogP contribution in [0.1, 0.15) is 12.5 Å². The van der Waals surface area contributed by atoms with Gasteiger partial charge in [0.25, 0.3) is 0 Å². The van der Waals surface area contributed by atoms with Crippen LogP contribution in [0.4, 0.5) is 0 Å². The molecule has 1 aliphatic heterocycles. The van der Waals surface area contributed by atoms with Crippen molar-refractivity contribution < 1.29 is 14.3 Å². The Labute approximate surface area is 115 Å². The maximum Gasteiger partial charge on any atom is 0.316 e. The molecule has 98 valence electrons. The quantitative estimate of drug-likeness (QED) is 0.865. The molecule has 1 aromatic rings. The summed E-state index contributed by atoms with van der Waals surface area (Å²) in [4.78, 5) is 12.0. The number of hydrogen-bond acceptors (Lipinski definition) is 4. The van der Waals surface area contributed by atoms with E-state index in [0.717, 1.165) is 10.0 Å². The minimum atomic E-state index is -0.727. The third-order valence-corrected chi connectivity index (χ3v) is 3.80. The summed E-state index contributed by atoms with van der Waals surface area (Å²) in [6.07, 6.45) is 0. The van der Waals surface area contributed by atoms with Crippen molar-refractivity contribution in [3.8, 4) is 0 Å². The Balaban J connectivity index is 1.94. The van der Waals surface area contributed by atoms with Gasteiger partial charge in [0.15, 0.2) is 0 Å². The third-order valence-electron chi connectivity index (χ3n) is 3.27. The summed E-state index contributed by atoms with van der Waals surface area (Å²) in [5.41, 5.74) is 6.09. The van der Waals surface area contributed by atoms with Gasteiger partial charge in [-0.3, -0.25) is 4.79 Å². The predicted molar refractivity (Wildman–Crippen MR) is 70.8 cm³/mol. The van der Waals surface area contributed by atoms with E-state index in [-0.39, 0.29) is 18.6 Å². The Hall–Kier alpha value is -0.910. The van der Waals surface area contributed by atoms with Gasteiger partial charge in [0, 0.05) is 10.5 Å². The van der Waals surface area contributed by atoms with Gasteiger partial charge in [-0.2, -0.15) is 0 Å². The summed E-state index contributed by atoms with van der Waals surface area (Å²) in [5, 5.41) is 0. The predicted octanol–water partition coefficient (Wildman–Crippen LogP) is 1.86. The summed E-state index contributed by atoms with van der Waals surface area (Å²) >= 11 is 3.35. The van der Waals surface area contributed by atoms with Crippen LogP contribution in [0, 0.1) is 5.41 Å². The number of hydrogen-bond donors (Lipinski definition) is 1. The monoisotopic (exact) mass is 313 g/mol. The van der Waals surface area contributed by atoms with Crippen molar-refractivity contribution in [1.29, 1.82) is 0 Å². The number of carbonyl (C=O) groups excluding carboxylic acids is 1. The third kappa shape index (κ3) is 2.74. The lowest BCUT2D eigenvalue weighted by Gasteiger charge is -2.24. The highest BCUT2D eigenvalue weighted by atomic mass is 79.9. The largest absolute Gasteiger partial charge is 0.460 e. The van der Waals surface area contributed by atoms with Crippen LogP contribution >= 0.6 is 15.9 Å². The summed E-state index contributed by atoms with van der Waals surface area (Å²) in [6.45, 7) is 2.78. The topological polar surface area (TPSA) is 61.5 Å². The fourth-order valence-electron chi connectivity index (χ4n) is 1.79. The fraction of sp³-hybridized carbons (Fsp3) is 0.462. The van der Waals surface area contributed by atoms with E-state index in [0.29, 0.717) is 13.2 Å². The average molecular weight is 314 g/mol. The van der Waals surface area contributed by atoms with Crippen molar-refractivity contribution in [2.45, 2.75) is 19.6 Å². The molecule has 1 aliphatic rings. The van der Waals surface area contributed by atoms with E-state index in [1.165, 1.54) is 0 Å². The van der Waals surface area contributed by atoms with E-state index in [2.05, 4.69) is 15.9 Å².